The summed E-state index contributed by atoms with van der Waals surface area (Å²) >= 11 is 0. The Kier molecular flexibility index (Phi) is 21.2. The first-order valence-electron chi connectivity index (χ1n) is 49.9. The minimum atomic E-state index is -3.25. The number of nitrogens with zero attached hydrogens (tertiary/aromatic N) is 1. The van der Waals surface area contributed by atoms with E-state index >= 15 is 13.7 Å². The van der Waals surface area contributed by atoms with Crippen LogP contribution >= 0.6 is 21.4 Å². The third-order valence-electron chi connectivity index (χ3n) is 31.7. The Hall–Kier alpha value is -15.5. The van der Waals surface area contributed by atoms with E-state index in [0.29, 0.717) is 0 Å². The van der Waals surface area contributed by atoms with Crippen LogP contribution in [-0.2, 0) is 13.7 Å². The van der Waals surface area contributed by atoms with Gasteiger partial charge in [0.2, 0.25) is 0 Å². The molecule has 0 aliphatic carbocycles. The fourth-order valence-electron chi connectivity index (χ4n) is 24.6. The van der Waals surface area contributed by atoms with Gasteiger partial charge >= 0.3 is 0 Å². The molecule has 686 valence electrons. The molecule has 0 saturated heterocycles. The van der Waals surface area contributed by atoms with Gasteiger partial charge in [0, 0.05) is 64.2 Å². The lowest BCUT2D eigenvalue weighted by atomic mass is 9.85. The molecule has 3 atom stereocenters. The van der Waals surface area contributed by atoms with Gasteiger partial charge in [-0.15, -0.1) is 0 Å². The molecule has 144 heavy (non-hydrogen) atoms. The largest absolute Gasteiger partial charge is 0.309 e. The van der Waals surface area contributed by atoms with Crippen LogP contribution in [0.3, 0.4) is 0 Å². The molecule has 0 bridgehead atoms. The van der Waals surface area contributed by atoms with Crippen molar-refractivity contribution in [1.29, 1.82) is 0 Å². The number of hydrogen-bond donors (Lipinski definition) is 0. The SMILES string of the molecule is C[Si]1(C)c2ccccc2P(=O)(c2ccc3ccccc3c2)c2cc(-c3c4ccccc4c(-c4cccc5ccccc45)c4ccccc34)ccc21.C[Si]1(C)c2ccccc2P(=O)(c2cccc3ccccc23)c2cc(-c3ccc4c(c3)c3ccccc3n4-c3ccccc3)ccc21.C[Si]1(C)c2ccccc2P(=O)(c2ccccc2)c2ccc(-c3cccc(-c4ccc5c6ccccc6c6ccccc6c5c4)c3)cc21. The highest BCUT2D eigenvalue weighted by Crippen LogP contribution is 2.53. The molecule has 0 amide bonds. The zero-order valence-corrected chi connectivity index (χ0v) is 86.5. The van der Waals surface area contributed by atoms with Crippen LogP contribution in [0, 0.1) is 0 Å². The number of hydrogen-bond acceptors (Lipinski definition) is 3. The molecule has 1 aromatic heterocycles. The smallest absolute Gasteiger partial charge is 0.171 e. The maximum absolute atomic E-state index is 16.3. The Morgan fingerprint density at radius 3 is 1.15 bits per heavy atom. The van der Waals surface area contributed by atoms with E-state index in [1.165, 1.54) is 157 Å². The second-order valence-electron chi connectivity index (χ2n) is 40.5. The number of rotatable bonds is 9. The molecule has 0 saturated carbocycles. The normalized spacial score (nSPS) is 16.6. The van der Waals surface area contributed by atoms with E-state index < -0.39 is 45.6 Å². The molecule has 3 unspecified atom stereocenters. The number of fused-ring (bicyclic) bond motifs is 20. The second kappa shape index (κ2) is 34.4. The van der Waals surface area contributed by atoms with Gasteiger partial charge in [0.05, 0.1) is 11.0 Å². The van der Waals surface area contributed by atoms with Gasteiger partial charge < -0.3 is 18.3 Å². The highest BCUT2D eigenvalue weighted by atomic mass is 31.2. The molecule has 4 heterocycles. The van der Waals surface area contributed by atoms with Crippen LogP contribution < -0.4 is 78.9 Å². The average Bonchev–Trinajstić information content (AvgIpc) is 0.866. The summed E-state index contributed by atoms with van der Waals surface area (Å²) in [6, 6.07) is 178. The van der Waals surface area contributed by atoms with Crippen molar-refractivity contribution in [3.05, 3.63) is 497 Å². The molecule has 3 aliphatic heterocycles. The summed E-state index contributed by atoms with van der Waals surface area (Å²) in [5.74, 6) is 0. The summed E-state index contributed by atoms with van der Waals surface area (Å²) in [5.41, 5.74) is 15.3. The van der Waals surface area contributed by atoms with E-state index in [4.69, 9.17) is 0 Å². The Bertz CT molecular complexity index is 9750. The molecular weight excluding hydrogens is 1850 g/mol. The average molecular weight is 1950 g/mol. The van der Waals surface area contributed by atoms with Crippen LogP contribution in [0.5, 0.6) is 0 Å². The summed E-state index contributed by atoms with van der Waals surface area (Å²) in [4.78, 5) is 0. The van der Waals surface area contributed by atoms with Crippen molar-refractivity contribution in [3.63, 3.8) is 0 Å². The van der Waals surface area contributed by atoms with Gasteiger partial charge in [-0.05, 0) is 234 Å². The summed E-state index contributed by atoms with van der Waals surface area (Å²) in [6.45, 7) is 14.4. The van der Waals surface area contributed by atoms with Crippen molar-refractivity contribution >= 4 is 232 Å². The van der Waals surface area contributed by atoms with Crippen molar-refractivity contribution in [2.45, 2.75) is 39.3 Å². The van der Waals surface area contributed by atoms with Crippen molar-refractivity contribution in [3.8, 4) is 61.3 Å². The van der Waals surface area contributed by atoms with Gasteiger partial charge in [-0.2, -0.15) is 0 Å². The molecule has 3 aliphatic rings. The second-order valence-corrected chi connectivity index (χ2v) is 61.6. The summed E-state index contributed by atoms with van der Waals surface area (Å²) in [5, 5.41) is 38.4. The minimum absolute atomic E-state index is 0.901. The molecule has 25 aromatic rings. The maximum atomic E-state index is 16.3. The monoisotopic (exact) mass is 1950 g/mol. The first-order valence-corrected chi connectivity index (χ1v) is 64.0. The molecule has 28 rings (SSSR count). The fourth-order valence-corrected chi connectivity index (χ4v) is 49.4. The van der Waals surface area contributed by atoms with Crippen molar-refractivity contribution in [1.82, 2.24) is 4.57 Å². The van der Waals surface area contributed by atoms with Crippen molar-refractivity contribution in [2.75, 3.05) is 0 Å². The number of benzene rings is 24. The minimum Gasteiger partial charge on any atom is -0.309 e. The molecule has 0 fully saturated rings. The standard InChI is InChI=1S/C48H35OPSi.C44H33OPSi.C42H32NOPSi/c1-51(2)45-25-12-11-24-43(45)50(49,36-28-26-32-14-3-4-16-34(32)30-36)44-31-35(27-29-46(44)51)47-39-19-7-9-21-41(39)48(42-22-10-8-20-40(42)47)38-23-13-17-33-15-5-6-18-37(33)38;1-47(2)43-22-11-10-21-41(43)46(45,34-15-4-3-5-16-34)42-26-24-33(29-44(42)47)31-14-12-13-30(27-31)32-23-25-39-37-19-7-6-17-35(37)36-18-8-9-20-38(36)40(39)28-32;1-46(2)41-22-11-10-20-39(41)45(44,38-21-12-14-29-13-6-7-17-33(29)38)40-28-31(24-26-42(40)46)30-23-25-37-35(27-30)34-18-8-9-19-36(34)43(37)32-15-4-3-5-16-32/h3-31H,1-2H3;3-29H,1-2H3;3-28H,1-2H3. The van der Waals surface area contributed by atoms with Gasteiger partial charge in [-0.25, -0.2) is 0 Å². The van der Waals surface area contributed by atoms with Crippen molar-refractivity contribution < 1.29 is 13.7 Å². The molecule has 10 heteroatoms. The Morgan fingerprint density at radius 2 is 0.535 bits per heavy atom. The van der Waals surface area contributed by atoms with Crippen molar-refractivity contribution in [2.24, 2.45) is 0 Å². The first kappa shape index (κ1) is 88.7. The van der Waals surface area contributed by atoms with Gasteiger partial charge in [0.25, 0.3) is 0 Å². The molecule has 0 spiro atoms. The fraction of sp³-hybridized carbons (Fsp3) is 0.0448. The first-order chi connectivity index (χ1) is 70.3. The van der Waals surface area contributed by atoms with Gasteiger partial charge in [-0.1, -0.05) is 476 Å². The topological polar surface area (TPSA) is 56.1 Å². The van der Waals surface area contributed by atoms with E-state index in [-0.39, 0.29) is 0 Å². The predicted molar refractivity (Wildman–Crippen MR) is 629 cm³/mol. The van der Waals surface area contributed by atoms with Crippen LogP contribution in [0.4, 0.5) is 0 Å². The maximum Gasteiger partial charge on any atom is 0.171 e. The van der Waals surface area contributed by atoms with E-state index in [2.05, 4.69) is 505 Å². The zero-order valence-electron chi connectivity index (χ0n) is 80.9. The van der Waals surface area contributed by atoms with E-state index in [1.807, 2.05) is 36.4 Å². The lowest BCUT2D eigenvalue weighted by Crippen LogP contribution is -2.67. The highest BCUT2D eigenvalue weighted by molar-refractivity contribution is 7.88. The van der Waals surface area contributed by atoms with E-state index in [0.717, 1.165) is 91.7 Å². The Balaban J connectivity index is 0.000000110. The number of aromatic nitrogens is 1. The third-order valence-corrected chi connectivity index (χ3v) is 53.1. The van der Waals surface area contributed by atoms with Gasteiger partial charge in [0.15, 0.2) is 21.4 Å². The zero-order chi connectivity index (χ0) is 97.1. The van der Waals surface area contributed by atoms with Crippen LogP contribution in [-0.4, -0.2) is 28.8 Å². The molecule has 0 N–H and O–H groups in total. The van der Waals surface area contributed by atoms with Gasteiger partial charge in [-0.3, -0.25) is 0 Å². The van der Waals surface area contributed by atoms with E-state index in [9.17, 15) is 0 Å². The summed E-state index contributed by atoms with van der Waals surface area (Å²) < 4.78 is 50.1. The lowest BCUT2D eigenvalue weighted by Gasteiger charge is -2.39. The molecule has 24 aromatic carbocycles. The quantitative estimate of drug-likeness (QED) is 0.0626. The van der Waals surface area contributed by atoms with Crippen LogP contribution in [0.1, 0.15) is 0 Å². The van der Waals surface area contributed by atoms with E-state index in [1.54, 1.807) is 0 Å². The Labute approximate surface area is 842 Å². The summed E-state index contributed by atoms with van der Waals surface area (Å²) in [6.07, 6.45) is 0. The molecular formula is C134H100NO3P3Si3. The van der Waals surface area contributed by atoms with Crippen LogP contribution in [0.25, 0.3) is 169 Å². The predicted octanol–water partition coefficient (Wildman–Crippen LogP) is 28.0. The number of para-hydroxylation sites is 2. The van der Waals surface area contributed by atoms with Crippen LogP contribution in [0.15, 0.2) is 497 Å². The summed E-state index contributed by atoms with van der Waals surface area (Å²) in [7, 11) is -16.0. The highest BCUT2D eigenvalue weighted by Gasteiger charge is 2.50. The third kappa shape index (κ3) is 13.8. The van der Waals surface area contributed by atoms with Crippen LogP contribution in [0.2, 0.25) is 39.3 Å². The molecule has 0 radical (unpaired) electrons. The molecule has 4 nitrogen and oxygen atoms in total. The van der Waals surface area contributed by atoms with Gasteiger partial charge in [0.1, 0.15) is 24.2 Å². The lowest BCUT2D eigenvalue weighted by molar-refractivity contribution is 0.592. The Morgan fingerprint density at radius 1 is 0.174 bits per heavy atom.